The van der Waals surface area contributed by atoms with E-state index in [1.54, 1.807) is 6.07 Å². The summed E-state index contributed by atoms with van der Waals surface area (Å²) in [5, 5.41) is 7.88. The normalized spacial score (nSPS) is 15.0. The van der Waals surface area contributed by atoms with E-state index in [4.69, 9.17) is 11.6 Å². The predicted molar refractivity (Wildman–Crippen MR) is 70.2 cm³/mol. The van der Waals surface area contributed by atoms with Gasteiger partial charge in [0.05, 0.1) is 9.90 Å². The summed E-state index contributed by atoms with van der Waals surface area (Å²) in [5.74, 6) is -0.343. The molecule has 3 nitrogen and oxygen atoms in total. The zero-order valence-electron chi connectivity index (χ0n) is 9.49. The number of nitrogens with zero attached hydrogens (tertiary/aromatic N) is 2. The second-order valence-electron chi connectivity index (χ2n) is 4.32. The van der Waals surface area contributed by atoms with Crippen molar-refractivity contribution in [2.24, 2.45) is 0 Å². The molecule has 0 spiro atoms. The lowest BCUT2D eigenvalue weighted by Crippen LogP contribution is -2.14. The average molecular weight is 284 g/mol. The minimum atomic E-state index is -0.343. The molecule has 1 saturated carbocycles. The molecule has 1 aromatic heterocycles. The van der Waals surface area contributed by atoms with E-state index in [-0.39, 0.29) is 5.82 Å². The Morgan fingerprint density at radius 1 is 1.44 bits per heavy atom. The second-order valence-corrected chi connectivity index (χ2v) is 5.57. The van der Waals surface area contributed by atoms with Gasteiger partial charge in [-0.3, -0.25) is 0 Å². The maximum absolute atomic E-state index is 13.0. The Labute approximate surface area is 113 Å². The van der Waals surface area contributed by atoms with Crippen LogP contribution < -0.4 is 5.32 Å². The molecule has 6 heteroatoms. The fraction of sp³-hybridized carbons (Fsp3) is 0.333. The van der Waals surface area contributed by atoms with Crippen molar-refractivity contribution in [3.8, 4) is 11.3 Å². The van der Waals surface area contributed by atoms with Crippen LogP contribution in [-0.4, -0.2) is 15.6 Å². The fourth-order valence-corrected chi connectivity index (χ4v) is 2.60. The second kappa shape index (κ2) is 4.91. The van der Waals surface area contributed by atoms with Gasteiger partial charge in [0.15, 0.2) is 0 Å². The van der Waals surface area contributed by atoms with Crippen molar-refractivity contribution in [1.82, 2.24) is 14.9 Å². The van der Waals surface area contributed by atoms with Gasteiger partial charge in [-0.05, 0) is 42.6 Å². The van der Waals surface area contributed by atoms with E-state index in [2.05, 4.69) is 14.9 Å². The molecule has 0 unspecified atom stereocenters. The Kier molecular flexibility index (Phi) is 3.28. The Bertz CT molecular complexity index is 568. The van der Waals surface area contributed by atoms with Gasteiger partial charge in [0.1, 0.15) is 11.5 Å². The molecule has 0 bridgehead atoms. The quantitative estimate of drug-likeness (QED) is 0.936. The van der Waals surface area contributed by atoms with Gasteiger partial charge in [-0.15, -0.1) is 5.10 Å². The molecule has 1 heterocycles. The van der Waals surface area contributed by atoms with Gasteiger partial charge in [-0.2, -0.15) is 0 Å². The van der Waals surface area contributed by atoms with E-state index in [0.717, 1.165) is 22.7 Å². The van der Waals surface area contributed by atoms with Crippen LogP contribution in [0.25, 0.3) is 11.3 Å². The predicted octanol–water partition coefficient (Wildman–Crippen LogP) is 3.25. The number of nitrogens with one attached hydrogen (secondary N) is 1. The van der Waals surface area contributed by atoms with Gasteiger partial charge in [-0.25, -0.2) is 4.39 Å². The Morgan fingerprint density at radius 3 is 3.00 bits per heavy atom. The Hall–Kier alpha value is -1.04. The molecule has 1 fully saturated rings. The van der Waals surface area contributed by atoms with Crippen molar-refractivity contribution in [2.45, 2.75) is 25.4 Å². The number of hydrogen-bond acceptors (Lipinski definition) is 4. The zero-order valence-corrected chi connectivity index (χ0v) is 11.1. The van der Waals surface area contributed by atoms with Crippen LogP contribution in [0.4, 0.5) is 4.39 Å². The summed E-state index contributed by atoms with van der Waals surface area (Å²) in [6, 6.07) is 4.96. The molecule has 1 aliphatic carbocycles. The van der Waals surface area contributed by atoms with Crippen LogP contribution in [0.2, 0.25) is 5.02 Å². The van der Waals surface area contributed by atoms with Crippen molar-refractivity contribution in [1.29, 1.82) is 0 Å². The standard InChI is InChI=1S/C12H11ClFN3S/c13-10-5-7(14)1-4-9(10)12-11(18-17-16-12)6-15-8-2-3-8/h1,4-5,8,15H,2-3,6H2. The number of aromatic nitrogens is 2. The molecule has 0 atom stereocenters. The molecular weight excluding hydrogens is 273 g/mol. The van der Waals surface area contributed by atoms with Gasteiger partial charge in [0.25, 0.3) is 0 Å². The minimum Gasteiger partial charge on any atom is -0.309 e. The molecule has 18 heavy (non-hydrogen) atoms. The van der Waals surface area contributed by atoms with E-state index in [1.807, 2.05) is 0 Å². The summed E-state index contributed by atoms with van der Waals surface area (Å²) in [4.78, 5) is 1.04. The number of hydrogen-bond donors (Lipinski definition) is 1. The summed E-state index contributed by atoms with van der Waals surface area (Å²) >= 11 is 7.40. The lowest BCUT2D eigenvalue weighted by atomic mass is 10.1. The molecule has 0 saturated heterocycles. The van der Waals surface area contributed by atoms with Crippen LogP contribution >= 0.6 is 23.1 Å². The summed E-state index contributed by atoms with van der Waals surface area (Å²) in [6.07, 6.45) is 2.47. The topological polar surface area (TPSA) is 37.8 Å². The zero-order chi connectivity index (χ0) is 12.5. The highest BCUT2D eigenvalue weighted by Crippen LogP contribution is 2.31. The minimum absolute atomic E-state index is 0.343. The van der Waals surface area contributed by atoms with Gasteiger partial charge in [0, 0.05) is 18.2 Å². The van der Waals surface area contributed by atoms with E-state index in [0.29, 0.717) is 11.1 Å². The molecule has 0 radical (unpaired) electrons. The number of halogens is 2. The first kappa shape index (κ1) is 12.0. The highest BCUT2D eigenvalue weighted by molar-refractivity contribution is 7.06. The van der Waals surface area contributed by atoms with Gasteiger partial charge in [-0.1, -0.05) is 16.1 Å². The SMILES string of the molecule is Fc1ccc(-c2nnsc2CNC2CC2)c(Cl)c1. The number of benzene rings is 1. The molecule has 1 N–H and O–H groups in total. The van der Waals surface area contributed by atoms with Crippen LogP contribution in [0.5, 0.6) is 0 Å². The van der Waals surface area contributed by atoms with Crippen molar-refractivity contribution in [2.75, 3.05) is 0 Å². The van der Waals surface area contributed by atoms with Gasteiger partial charge in [0.2, 0.25) is 0 Å². The Balaban J connectivity index is 1.88. The first-order valence-electron chi connectivity index (χ1n) is 5.74. The molecule has 0 amide bonds. The summed E-state index contributed by atoms with van der Waals surface area (Å²) in [5.41, 5.74) is 1.48. The van der Waals surface area contributed by atoms with Crippen molar-refractivity contribution >= 4 is 23.1 Å². The maximum Gasteiger partial charge on any atom is 0.124 e. The third-order valence-electron chi connectivity index (χ3n) is 2.87. The van der Waals surface area contributed by atoms with E-state index >= 15 is 0 Å². The molecule has 0 aliphatic heterocycles. The summed E-state index contributed by atoms with van der Waals surface area (Å²) in [7, 11) is 0. The fourth-order valence-electron chi connectivity index (χ4n) is 1.74. The van der Waals surface area contributed by atoms with Crippen LogP contribution in [0.1, 0.15) is 17.7 Å². The first-order chi connectivity index (χ1) is 8.74. The molecular formula is C12H11ClFN3S. The lowest BCUT2D eigenvalue weighted by Gasteiger charge is -2.04. The van der Waals surface area contributed by atoms with Gasteiger partial charge >= 0.3 is 0 Å². The number of rotatable bonds is 4. The third kappa shape index (κ3) is 2.53. The summed E-state index contributed by atoms with van der Waals surface area (Å²) < 4.78 is 17.0. The Morgan fingerprint density at radius 2 is 2.28 bits per heavy atom. The molecule has 3 rings (SSSR count). The maximum atomic E-state index is 13.0. The van der Waals surface area contributed by atoms with E-state index in [9.17, 15) is 4.39 Å². The smallest absolute Gasteiger partial charge is 0.124 e. The lowest BCUT2D eigenvalue weighted by molar-refractivity contribution is 0.628. The van der Waals surface area contributed by atoms with Crippen molar-refractivity contribution in [3.05, 3.63) is 33.9 Å². The van der Waals surface area contributed by atoms with Crippen LogP contribution in [0, 0.1) is 5.82 Å². The van der Waals surface area contributed by atoms with Crippen LogP contribution in [0.3, 0.4) is 0 Å². The van der Waals surface area contributed by atoms with Crippen LogP contribution in [-0.2, 0) is 6.54 Å². The van der Waals surface area contributed by atoms with E-state index in [1.165, 1.54) is 36.5 Å². The highest BCUT2D eigenvalue weighted by atomic mass is 35.5. The van der Waals surface area contributed by atoms with Crippen molar-refractivity contribution in [3.63, 3.8) is 0 Å². The average Bonchev–Trinajstić information content (AvgIpc) is 3.06. The van der Waals surface area contributed by atoms with Crippen molar-refractivity contribution < 1.29 is 4.39 Å². The molecule has 2 aromatic rings. The highest BCUT2D eigenvalue weighted by Gasteiger charge is 2.22. The van der Waals surface area contributed by atoms with E-state index < -0.39 is 0 Å². The largest absolute Gasteiger partial charge is 0.309 e. The molecule has 94 valence electrons. The monoisotopic (exact) mass is 283 g/mol. The first-order valence-corrected chi connectivity index (χ1v) is 6.89. The summed E-state index contributed by atoms with van der Waals surface area (Å²) in [6.45, 7) is 0.741. The third-order valence-corrected chi connectivity index (χ3v) is 3.90. The van der Waals surface area contributed by atoms with Crippen LogP contribution in [0.15, 0.2) is 18.2 Å². The molecule has 1 aliphatic rings. The van der Waals surface area contributed by atoms with Gasteiger partial charge < -0.3 is 5.32 Å². The molecule has 1 aromatic carbocycles.